The van der Waals surface area contributed by atoms with Crippen molar-refractivity contribution in [3.63, 3.8) is 0 Å². The van der Waals surface area contributed by atoms with Crippen molar-refractivity contribution in [3.8, 4) is 0 Å². The Balaban J connectivity index is 2.39. The molecule has 4 nitrogen and oxygen atoms in total. The van der Waals surface area contributed by atoms with Gasteiger partial charge in [0.25, 0.3) is 0 Å². The quantitative estimate of drug-likeness (QED) is 0.330. The van der Waals surface area contributed by atoms with Crippen molar-refractivity contribution in [2.24, 2.45) is 10.9 Å². The van der Waals surface area contributed by atoms with Gasteiger partial charge in [0.2, 0.25) is 0 Å². The minimum Gasteiger partial charge on any atom is -0.396 e. The SMILES string of the molecule is CCCC(CCO)CN=C(NCC)NCCCc1cccc(F)c1. The predicted molar refractivity (Wildman–Crippen MR) is 98.8 cm³/mol. The third-order valence-electron chi connectivity index (χ3n) is 3.91. The Bertz CT molecular complexity index is 473. The Morgan fingerprint density at radius 3 is 2.75 bits per heavy atom. The topological polar surface area (TPSA) is 56.7 Å². The Kier molecular flexibility index (Phi) is 10.9. The largest absolute Gasteiger partial charge is 0.396 e. The van der Waals surface area contributed by atoms with Gasteiger partial charge in [-0.15, -0.1) is 0 Å². The molecule has 0 aliphatic rings. The summed E-state index contributed by atoms with van der Waals surface area (Å²) in [5.74, 6) is 1.07. The van der Waals surface area contributed by atoms with Crippen molar-refractivity contribution in [1.82, 2.24) is 10.6 Å². The second-order valence-electron chi connectivity index (χ2n) is 6.05. The zero-order valence-electron chi connectivity index (χ0n) is 15.0. The molecule has 0 aliphatic carbocycles. The first-order chi connectivity index (χ1) is 11.7. The molecule has 3 N–H and O–H groups in total. The van der Waals surface area contributed by atoms with E-state index >= 15 is 0 Å². The lowest BCUT2D eigenvalue weighted by Gasteiger charge is -2.15. The van der Waals surface area contributed by atoms with E-state index in [0.717, 1.165) is 63.3 Å². The smallest absolute Gasteiger partial charge is 0.191 e. The number of aliphatic hydroxyl groups excluding tert-OH is 1. The maximum absolute atomic E-state index is 13.1. The highest BCUT2D eigenvalue weighted by molar-refractivity contribution is 5.79. The van der Waals surface area contributed by atoms with Crippen LogP contribution in [0.25, 0.3) is 0 Å². The Labute approximate surface area is 145 Å². The number of guanidine groups is 1. The van der Waals surface area contributed by atoms with Crippen LogP contribution in [-0.2, 0) is 6.42 Å². The van der Waals surface area contributed by atoms with E-state index in [9.17, 15) is 4.39 Å². The van der Waals surface area contributed by atoms with E-state index in [0.29, 0.717) is 5.92 Å². The lowest BCUT2D eigenvalue weighted by atomic mass is 10.0. The highest BCUT2D eigenvalue weighted by atomic mass is 19.1. The number of nitrogens with one attached hydrogen (secondary N) is 2. The second kappa shape index (κ2) is 12.8. The molecule has 0 fully saturated rings. The van der Waals surface area contributed by atoms with Gasteiger partial charge in [-0.3, -0.25) is 4.99 Å². The summed E-state index contributed by atoms with van der Waals surface area (Å²) in [6, 6.07) is 6.76. The number of rotatable bonds is 11. The van der Waals surface area contributed by atoms with Gasteiger partial charge in [-0.1, -0.05) is 25.5 Å². The van der Waals surface area contributed by atoms with Crippen molar-refractivity contribution in [1.29, 1.82) is 0 Å². The van der Waals surface area contributed by atoms with Crippen LogP contribution in [0.2, 0.25) is 0 Å². The van der Waals surface area contributed by atoms with E-state index in [2.05, 4.69) is 22.5 Å². The average molecular weight is 337 g/mol. The third kappa shape index (κ3) is 8.87. The van der Waals surface area contributed by atoms with Crippen molar-refractivity contribution >= 4 is 5.96 Å². The normalized spacial score (nSPS) is 12.9. The number of hydrogen-bond donors (Lipinski definition) is 3. The van der Waals surface area contributed by atoms with Gasteiger partial charge < -0.3 is 15.7 Å². The minimum atomic E-state index is -0.179. The predicted octanol–water partition coefficient (Wildman–Crippen LogP) is 3.11. The monoisotopic (exact) mass is 337 g/mol. The highest BCUT2D eigenvalue weighted by Crippen LogP contribution is 2.11. The summed E-state index contributed by atoms with van der Waals surface area (Å²) in [6.07, 6.45) is 4.76. The number of hydrogen-bond acceptors (Lipinski definition) is 2. The highest BCUT2D eigenvalue weighted by Gasteiger charge is 2.07. The lowest BCUT2D eigenvalue weighted by molar-refractivity contribution is 0.253. The summed E-state index contributed by atoms with van der Waals surface area (Å²) < 4.78 is 13.1. The molecule has 24 heavy (non-hydrogen) atoms. The average Bonchev–Trinajstić information content (AvgIpc) is 2.56. The molecule has 0 aliphatic heterocycles. The van der Waals surface area contributed by atoms with Gasteiger partial charge in [-0.25, -0.2) is 4.39 Å². The molecule has 0 radical (unpaired) electrons. The van der Waals surface area contributed by atoms with Crippen LogP contribution < -0.4 is 10.6 Å². The molecule has 0 heterocycles. The number of aryl methyl sites for hydroxylation is 1. The summed E-state index contributed by atoms with van der Waals surface area (Å²) in [6.45, 7) is 6.76. The van der Waals surface area contributed by atoms with Crippen LogP contribution in [0, 0.1) is 11.7 Å². The van der Waals surface area contributed by atoms with E-state index < -0.39 is 0 Å². The van der Waals surface area contributed by atoms with Crippen LogP contribution in [0.1, 0.15) is 45.1 Å². The molecule has 0 bridgehead atoms. The van der Waals surface area contributed by atoms with Gasteiger partial charge in [0.1, 0.15) is 5.82 Å². The third-order valence-corrected chi connectivity index (χ3v) is 3.91. The molecule has 1 aromatic rings. The molecule has 5 heteroatoms. The standard InChI is InChI=1S/C19H32FN3O/c1-3-7-17(11-13-24)15-23-19(21-4-2)22-12-6-9-16-8-5-10-18(20)14-16/h5,8,10,14,17,24H,3-4,6-7,9,11-13,15H2,1-2H3,(H2,21,22,23). The van der Waals surface area contributed by atoms with Crippen molar-refractivity contribution < 1.29 is 9.50 Å². The molecule has 1 aromatic carbocycles. The summed E-state index contributed by atoms with van der Waals surface area (Å²) in [5.41, 5.74) is 1.02. The fourth-order valence-corrected chi connectivity index (χ4v) is 2.67. The van der Waals surface area contributed by atoms with Crippen LogP contribution in [0.15, 0.2) is 29.3 Å². The maximum atomic E-state index is 13.1. The van der Waals surface area contributed by atoms with Gasteiger partial charge in [0, 0.05) is 26.2 Å². The molecule has 0 aromatic heterocycles. The van der Waals surface area contributed by atoms with Crippen LogP contribution in [0.4, 0.5) is 4.39 Å². The van der Waals surface area contributed by atoms with E-state index in [4.69, 9.17) is 5.11 Å². The van der Waals surface area contributed by atoms with Gasteiger partial charge in [0.05, 0.1) is 0 Å². The van der Waals surface area contributed by atoms with Gasteiger partial charge in [-0.2, -0.15) is 0 Å². The molecular weight excluding hydrogens is 305 g/mol. The van der Waals surface area contributed by atoms with Gasteiger partial charge >= 0.3 is 0 Å². The first-order valence-electron chi connectivity index (χ1n) is 9.07. The number of aliphatic imine (C=N–C) groups is 1. The number of benzene rings is 1. The van der Waals surface area contributed by atoms with E-state index in [1.807, 2.05) is 13.0 Å². The van der Waals surface area contributed by atoms with Crippen LogP contribution in [0.3, 0.4) is 0 Å². The number of nitrogens with zero attached hydrogens (tertiary/aromatic N) is 1. The molecule has 0 amide bonds. The van der Waals surface area contributed by atoms with Crippen LogP contribution in [0.5, 0.6) is 0 Å². The zero-order valence-corrected chi connectivity index (χ0v) is 15.0. The van der Waals surface area contributed by atoms with E-state index in [1.54, 1.807) is 12.1 Å². The Morgan fingerprint density at radius 1 is 1.25 bits per heavy atom. The van der Waals surface area contributed by atoms with E-state index in [-0.39, 0.29) is 12.4 Å². The minimum absolute atomic E-state index is 0.179. The molecule has 136 valence electrons. The zero-order chi connectivity index (χ0) is 17.6. The number of halogens is 1. The molecule has 0 saturated heterocycles. The molecule has 0 spiro atoms. The van der Waals surface area contributed by atoms with Crippen LogP contribution in [-0.4, -0.2) is 37.3 Å². The van der Waals surface area contributed by atoms with Gasteiger partial charge in [-0.05, 0) is 56.2 Å². The molecular formula is C19H32FN3O. The Morgan fingerprint density at radius 2 is 2.08 bits per heavy atom. The van der Waals surface area contributed by atoms with E-state index in [1.165, 1.54) is 6.07 Å². The summed E-state index contributed by atoms with van der Waals surface area (Å²) >= 11 is 0. The molecule has 0 saturated carbocycles. The van der Waals surface area contributed by atoms with Crippen LogP contribution >= 0.6 is 0 Å². The number of aliphatic hydroxyl groups is 1. The summed E-state index contributed by atoms with van der Waals surface area (Å²) in [4.78, 5) is 4.63. The first kappa shape index (κ1) is 20.4. The first-order valence-corrected chi connectivity index (χ1v) is 9.07. The molecule has 1 atom stereocenters. The lowest BCUT2D eigenvalue weighted by Crippen LogP contribution is -2.38. The van der Waals surface area contributed by atoms with Crippen molar-refractivity contribution in [2.45, 2.75) is 46.0 Å². The Hall–Kier alpha value is -1.62. The summed E-state index contributed by atoms with van der Waals surface area (Å²) in [7, 11) is 0. The summed E-state index contributed by atoms with van der Waals surface area (Å²) in [5, 5.41) is 15.7. The van der Waals surface area contributed by atoms with Crippen molar-refractivity contribution in [2.75, 3.05) is 26.2 Å². The molecule has 1 rings (SSSR count). The molecule has 1 unspecified atom stereocenters. The second-order valence-corrected chi connectivity index (χ2v) is 6.05. The fourth-order valence-electron chi connectivity index (χ4n) is 2.67. The fraction of sp³-hybridized carbons (Fsp3) is 0.632. The van der Waals surface area contributed by atoms with Crippen molar-refractivity contribution in [3.05, 3.63) is 35.6 Å². The van der Waals surface area contributed by atoms with Gasteiger partial charge in [0.15, 0.2) is 5.96 Å². The maximum Gasteiger partial charge on any atom is 0.191 e.